The molecule has 2 aromatic rings. The van der Waals surface area contributed by atoms with E-state index >= 15 is 0 Å². The normalized spacial score (nSPS) is 15.7. The molecule has 1 saturated heterocycles. The average Bonchev–Trinajstić information content (AvgIpc) is 3.03. The highest BCUT2D eigenvalue weighted by Crippen LogP contribution is 2.21. The van der Waals surface area contributed by atoms with Crippen LogP contribution in [0, 0.1) is 0 Å². The fourth-order valence-corrected chi connectivity index (χ4v) is 4.76. The fourth-order valence-electron chi connectivity index (χ4n) is 3.25. The first kappa shape index (κ1) is 22.0. The van der Waals surface area contributed by atoms with Crippen molar-refractivity contribution >= 4 is 33.5 Å². The van der Waals surface area contributed by atoms with Gasteiger partial charge in [-0.05, 0) is 48.7 Å². The van der Waals surface area contributed by atoms with E-state index in [1.165, 1.54) is 6.08 Å². The molecule has 160 valence electrons. The lowest BCUT2D eigenvalue weighted by Crippen LogP contribution is -2.31. The number of hydrogen-bond donors (Lipinski definition) is 1. The summed E-state index contributed by atoms with van der Waals surface area (Å²) < 4.78 is 27.2. The fraction of sp³-hybridized carbons (Fsp3) is 0.364. The van der Waals surface area contributed by atoms with Crippen molar-refractivity contribution in [2.24, 2.45) is 0 Å². The van der Waals surface area contributed by atoms with Gasteiger partial charge in [-0.2, -0.15) is 4.31 Å². The Balaban J connectivity index is 1.61. The summed E-state index contributed by atoms with van der Waals surface area (Å²) in [6.45, 7) is 1.15. The number of nitrogens with zero attached hydrogens (tertiary/aromatic N) is 3. The zero-order chi connectivity index (χ0) is 21.6. The highest BCUT2D eigenvalue weighted by Gasteiger charge is 2.24. The minimum atomic E-state index is -3.47. The molecule has 0 saturated carbocycles. The smallest absolute Gasteiger partial charge is 0.249 e. The number of nitrogens with one attached hydrogen (secondary N) is 1. The molecule has 1 fully saturated rings. The number of benzene rings is 1. The molecular formula is C22H28N4O3S. The molecule has 1 N–H and O–H groups in total. The summed E-state index contributed by atoms with van der Waals surface area (Å²) in [5, 5.41) is 2.70. The molecule has 0 spiro atoms. The van der Waals surface area contributed by atoms with E-state index < -0.39 is 10.0 Å². The van der Waals surface area contributed by atoms with Gasteiger partial charge in [-0.25, -0.2) is 13.4 Å². The van der Waals surface area contributed by atoms with Gasteiger partial charge in [-0.3, -0.25) is 4.79 Å². The third-order valence-electron chi connectivity index (χ3n) is 5.03. The monoisotopic (exact) mass is 428 g/mol. The van der Waals surface area contributed by atoms with Gasteiger partial charge in [0.25, 0.3) is 0 Å². The number of rotatable bonds is 6. The van der Waals surface area contributed by atoms with E-state index in [0.717, 1.165) is 36.9 Å². The average molecular weight is 429 g/mol. The minimum Gasteiger partial charge on any atom is -0.376 e. The molecule has 1 aromatic carbocycles. The second-order valence-corrected chi connectivity index (χ2v) is 9.44. The van der Waals surface area contributed by atoms with Crippen molar-refractivity contribution in [1.29, 1.82) is 0 Å². The lowest BCUT2D eigenvalue weighted by atomic mass is 10.2. The summed E-state index contributed by atoms with van der Waals surface area (Å²) in [7, 11) is 0.373. The van der Waals surface area contributed by atoms with Gasteiger partial charge in [-0.15, -0.1) is 0 Å². The molecule has 30 heavy (non-hydrogen) atoms. The molecule has 2 heterocycles. The highest BCUT2D eigenvalue weighted by atomic mass is 32.2. The number of aromatic nitrogens is 1. The molecule has 0 bridgehead atoms. The first-order valence-electron chi connectivity index (χ1n) is 10.1. The quantitative estimate of drug-likeness (QED) is 0.714. The summed E-state index contributed by atoms with van der Waals surface area (Å²) >= 11 is 0. The Morgan fingerprint density at radius 3 is 2.27 bits per heavy atom. The van der Waals surface area contributed by atoms with Crippen molar-refractivity contribution < 1.29 is 13.2 Å². The number of pyridine rings is 1. The molecule has 3 rings (SSSR count). The molecule has 1 aromatic heterocycles. The van der Waals surface area contributed by atoms with Crippen molar-refractivity contribution in [3.05, 3.63) is 54.2 Å². The lowest BCUT2D eigenvalue weighted by molar-refractivity contribution is -0.111. The summed E-state index contributed by atoms with van der Waals surface area (Å²) in [5.74, 6) is 0.163. The Morgan fingerprint density at radius 2 is 1.70 bits per heavy atom. The first-order chi connectivity index (χ1) is 14.4. The number of anilines is 2. The molecule has 1 aliphatic heterocycles. The maximum atomic E-state index is 12.8. The van der Waals surface area contributed by atoms with Gasteiger partial charge in [0, 0.05) is 33.3 Å². The van der Waals surface area contributed by atoms with Crippen LogP contribution >= 0.6 is 0 Å². The van der Waals surface area contributed by atoms with E-state index in [2.05, 4.69) is 10.3 Å². The van der Waals surface area contributed by atoms with Crippen LogP contribution in [0.2, 0.25) is 0 Å². The Bertz CT molecular complexity index is 976. The van der Waals surface area contributed by atoms with E-state index in [4.69, 9.17) is 0 Å². The largest absolute Gasteiger partial charge is 0.376 e. The van der Waals surface area contributed by atoms with Gasteiger partial charge in [0.2, 0.25) is 15.9 Å². The highest BCUT2D eigenvalue weighted by molar-refractivity contribution is 7.89. The van der Waals surface area contributed by atoms with Crippen molar-refractivity contribution in [1.82, 2.24) is 9.29 Å². The third-order valence-corrected chi connectivity index (χ3v) is 6.94. The molecule has 1 aliphatic rings. The number of carbonyl (C=O) groups excluding carboxylic acids is 1. The van der Waals surface area contributed by atoms with Crippen LogP contribution in [-0.2, 0) is 14.8 Å². The van der Waals surface area contributed by atoms with Gasteiger partial charge < -0.3 is 10.2 Å². The Morgan fingerprint density at radius 1 is 1.03 bits per heavy atom. The SMILES string of the molecule is CN(C)c1ccc(NC(=O)/C=C\c2ccc(S(=O)(=O)N3CCCCCC3)cc2)nc1. The molecular weight excluding hydrogens is 400 g/mol. The molecule has 8 heteroatoms. The van der Waals surface area contributed by atoms with Gasteiger partial charge >= 0.3 is 0 Å². The summed E-state index contributed by atoms with van der Waals surface area (Å²) in [4.78, 5) is 18.5. The number of hydrogen-bond acceptors (Lipinski definition) is 5. The van der Waals surface area contributed by atoms with Crippen molar-refractivity contribution in [2.75, 3.05) is 37.4 Å². The topological polar surface area (TPSA) is 82.6 Å². The van der Waals surface area contributed by atoms with Crippen LogP contribution in [0.4, 0.5) is 11.5 Å². The predicted octanol–water partition coefficient (Wildman–Crippen LogP) is 3.36. The van der Waals surface area contributed by atoms with Gasteiger partial charge in [0.05, 0.1) is 16.8 Å². The summed E-state index contributed by atoms with van der Waals surface area (Å²) in [5.41, 5.74) is 1.69. The van der Waals surface area contributed by atoms with E-state index in [9.17, 15) is 13.2 Å². The van der Waals surface area contributed by atoms with E-state index in [0.29, 0.717) is 18.9 Å². The molecule has 0 radical (unpaired) electrons. The zero-order valence-corrected chi connectivity index (χ0v) is 18.2. The van der Waals surface area contributed by atoms with Crippen molar-refractivity contribution in [2.45, 2.75) is 30.6 Å². The van der Waals surface area contributed by atoms with E-state index in [1.54, 1.807) is 46.9 Å². The first-order valence-corrected chi connectivity index (χ1v) is 11.5. The van der Waals surface area contributed by atoms with Crippen molar-refractivity contribution in [3.8, 4) is 0 Å². The molecule has 0 unspecified atom stereocenters. The van der Waals surface area contributed by atoms with Gasteiger partial charge in [0.1, 0.15) is 5.82 Å². The predicted molar refractivity (Wildman–Crippen MR) is 120 cm³/mol. The third kappa shape index (κ3) is 5.67. The van der Waals surface area contributed by atoms with Gasteiger partial charge in [-0.1, -0.05) is 25.0 Å². The molecule has 0 aliphatic carbocycles. The maximum absolute atomic E-state index is 12.8. The molecule has 0 atom stereocenters. The Kier molecular flexibility index (Phi) is 7.23. The minimum absolute atomic E-state index is 0.288. The summed E-state index contributed by atoms with van der Waals surface area (Å²) in [6.07, 6.45) is 8.69. The standard InChI is InChI=1S/C22H28N4O3S/c1-25(2)19-10-13-21(23-17-19)24-22(27)14-9-18-7-11-20(12-8-18)30(28,29)26-15-5-3-4-6-16-26/h7-14,17H,3-6,15-16H2,1-2H3,(H,23,24,27)/b14-9-. The van der Waals surface area contributed by atoms with E-state index in [1.807, 2.05) is 25.1 Å². The van der Waals surface area contributed by atoms with Crippen LogP contribution in [0.25, 0.3) is 6.08 Å². The van der Waals surface area contributed by atoms with Crippen molar-refractivity contribution in [3.63, 3.8) is 0 Å². The number of carbonyl (C=O) groups is 1. The van der Waals surface area contributed by atoms with Crippen LogP contribution in [-0.4, -0.2) is 50.8 Å². The summed E-state index contributed by atoms with van der Waals surface area (Å²) in [6, 6.07) is 10.2. The van der Waals surface area contributed by atoms with E-state index in [-0.39, 0.29) is 10.8 Å². The van der Waals surface area contributed by atoms with Crippen LogP contribution in [0.15, 0.2) is 53.6 Å². The van der Waals surface area contributed by atoms with Gasteiger partial charge in [0.15, 0.2) is 0 Å². The Labute approximate surface area is 178 Å². The molecule has 7 nitrogen and oxygen atoms in total. The van der Waals surface area contributed by atoms with Crippen LogP contribution < -0.4 is 10.2 Å². The maximum Gasteiger partial charge on any atom is 0.249 e. The van der Waals surface area contributed by atoms with Crippen LogP contribution in [0.1, 0.15) is 31.2 Å². The molecule has 1 amide bonds. The Hall–Kier alpha value is -2.71. The second-order valence-electron chi connectivity index (χ2n) is 7.51. The van der Waals surface area contributed by atoms with Crippen LogP contribution in [0.5, 0.6) is 0 Å². The van der Waals surface area contributed by atoms with Crippen LogP contribution in [0.3, 0.4) is 0 Å². The zero-order valence-electron chi connectivity index (χ0n) is 17.4. The second kappa shape index (κ2) is 9.86. The number of sulfonamides is 1. The number of amides is 1. The lowest BCUT2D eigenvalue weighted by Gasteiger charge is -2.19.